The van der Waals surface area contributed by atoms with Crippen LogP contribution >= 0.6 is 11.6 Å². The maximum Gasteiger partial charge on any atom is 0.399 e. The average molecular weight is 359 g/mol. The van der Waals surface area contributed by atoms with E-state index in [-0.39, 0.29) is 18.5 Å². The highest BCUT2D eigenvalue weighted by Gasteiger charge is 2.53. The summed E-state index contributed by atoms with van der Waals surface area (Å²) in [7, 11) is 1.64. The molecule has 1 fully saturated rings. The number of aryl methyl sites for hydroxylation is 1. The van der Waals surface area contributed by atoms with Gasteiger partial charge >= 0.3 is 12.0 Å². The van der Waals surface area contributed by atoms with Crippen molar-refractivity contribution in [3.05, 3.63) is 46.2 Å². The number of amides is 3. The molecule has 2 aliphatic heterocycles. The van der Waals surface area contributed by atoms with E-state index in [4.69, 9.17) is 11.6 Å². The van der Waals surface area contributed by atoms with E-state index in [1.807, 2.05) is 24.5 Å². The number of aromatic nitrogens is 2. The van der Waals surface area contributed by atoms with Gasteiger partial charge in [0.1, 0.15) is 11.4 Å². The number of nitrogens with zero attached hydrogens (tertiary/aromatic N) is 4. The van der Waals surface area contributed by atoms with E-state index in [0.717, 1.165) is 17.0 Å². The molecule has 2 aliphatic rings. The SMILES string of the molecule is Cc1[nH]c2[n+](c1C)C1C(=O)N(Cc3cccc(Cl)c3)C(=O)N(C)C1=N2. The summed E-state index contributed by atoms with van der Waals surface area (Å²) in [6, 6.07) is 6.14. The van der Waals surface area contributed by atoms with Gasteiger partial charge in [0.05, 0.1) is 6.54 Å². The van der Waals surface area contributed by atoms with Crippen molar-refractivity contribution in [3.63, 3.8) is 0 Å². The lowest BCUT2D eigenvalue weighted by molar-refractivity contribution is -0.682. The third-order valence-electron chi connectivity index (χ3n) is 4.75. The smallest absolute Gasteiger partial charge is 0.270 e. The van der Waals surface area contributed by atoms with Crippen LogP contribution in [0.4, 0.5) is 10.7 Å². The van der Waals surface area contributed by atoms with Crippen molar-refractivity contribution in [3.8, 4) is 0 Å². The highest BCUT2D eigenvalue weighted by Crippen LogP contribution is 2.29. The molecule has 1 aromatic carbocycles. The summed E-state index contributed by atoms with van der Waals surface area (Å²) in [5.74, 6) is 0.756. The van der Waals surface area contributed by atoms with Crippen LogP contribution in [0.2, 0.25) is 5.02 Å². The molecule has 3 amide bonds. The molecular weight excluding hydrogens is 342 g/mol. The maximum absolute atomic E-state index is 13.1. The number of hydrogen-bond acceptors (Lipinski definition) is 3. The van der Waals surface area contributed by atoms with Crippen molar-refractivity contribution in [1.29, 1.82) is 0 Å². The van der Waals surface area contributed by atoms with Crippen molar-refractivity contribution < 1.29 is 14.2 Å². The monoisotopic (exact) mass is 358 g/mol. The van der Waals surface area contributed by atoms with Crippen molar-refractivity contribution >= 4 is 35.3 Å². The standard InChI is InChI=1S/C17H16ClN5O2/c1-9-10(2)23-13-14(20-16(23)19-9)21(3)17(25)22(15(13)24)8-11-5-4-6-12(18)7-11/h4-7,13H,8H2,1-3H3/p+1. The number of rotatable bonds is 2. The van der Waals surface area contributed by atoms with Gasteiger partial charge in [-0.15, -0.1) is 0 Å². The number of carbonyl (C=O) groups excluding carboxylic acids is 2. The summed E-state index contributed by atoms with van der Waals surface area (Å²) in [4.78, 5) is 36.1. The Bertz CT molecular complexity index is 949. The minimum absolute atomic E-state index is 0.171. The topological polar surface area (TPSA) is 72.7 Å². The number of benzene rings is 1. The first kappa shape index (κ1) is 15.8. The van der Waals surface area contributed by atoms with E-state index in [1.165, 1.54) is 9.80 Å². The molecule has 8 heteroatoms. The van der Waals surface area contributed by atoms with Crippen molar-refractivity contribution in [1.82, 2.24) is 14.8 Å². The van der Waals surface area contributed by atoms with E-state index in [9.17, 15) is 9.59 Å². The van der Waals surface area contributed by atoms with E-state index in [0.29, 0.717) is 16.8 Å². The number of H-pyrrole nitrogens is 1. The van der Waals surface area contributed by atoms with Crippen LogP contribution in [0.1, 0.15) is 23.0 Å². The number of aromatic amines is 1. The molecule has 7 nitrogen and oxygen atoms in total. The number of amidine groups is 1. The second-order valence-corrected chi connectivity index (χ2v) is 6.73. The van der Waals surface area contributed by atoms with Gasteiger partial charge in [0.15, 0.2) is 0 Å². The highest BCUT2D eigenvalue weighted by atomic mass is 35.5. The van der Waals surface area contributed by atoms with E-state index >= 15 is 0 Å². The Morgan fingerprint density at radius 3 is 2.80 bits per heavy atom. The van der Waals surface area contributed by atoms with E-state index in [1.54, 1.807) is 25.2 Å². The number of imidazole rings is 1. The molecular formula is C17H17ClN5O2+. The fourth-order valence-electron chi connectivity index (χ4n) is 3.30. The minimum atomic E-state index is -0.623. The normalized spacial score (nSPS) is 19.2. The zero-order chi connectivity index (χ0) is 17.9. The van der Waals surface area contributed by atoms with Gasteiger partial charge in [-0.1, -0.05) is 28.7 Å². The second-order valence-electron chi connectivity index (χ2n) is 6.30. The van der Waals surface area contributed by atoms with Crippen molar-refractivity contribution in [2.75, 3.05) is 7.05 Å². The molecule has 1 atom stereocenters. The Balaban J connectivity index is 1.74. The first-order valence-corrected chi connectivity index (χ1v) is 8.29. The van der Waals surface area contributed by atoms with Gasteiger partial charge in [-0.3, -0.25) is 14.6 Å². The summed E-state index contributed by atoms with van der Waals surface area (Å²) in [5.41, 5.74) is 2.68. The van der Waals surface area contributed by atoms with Crippen LogP contribution in [0.5, 0.6) is 0 Å². The van der Waals surface area contributed by atoms with Crippen molar-refractivity contribution in [2.24, 2.45) is 4.99 Å². The van der Waals surface area contributed by atoms with Gasteiger partial charge < -0.3 is 0 Å². The lowest BCUT2D eigenvalue weighted by Crippen LogP contribution is -2.63. The molecule has 1 unspecified atom stereocenters. The summed E-state index contributed by atoms with van der Waals surface area (Å²) in [6.07, 6.45) is 0. The van der Waals surface area contributed by atoms with Crippen LogP contribution in [0.25, 0.3) is 0 Å². The average Bonchev–Trinajstić information content (AvgIpc) is 3.07. The first-order chi connectivity index (χ1) is 11.9. The maximum atomic E-state index is 13.1. The Kier molecular flexibility index (Phi) is 3.43. The number of imide groups is 1. The lowest BCUT2D eigenvalue weighted by Gasteiger charge is -2.33. The third-order valence-corrected chi connectivity index (χ3v) is 4.98. The first-order valence-electron chi connectivity index (χ1n) is 7.91. The van der Waals surface area contributed by atoms with Gasteiger partial charge in [0.2, 0.25) is 11.9 Å². The zero-order valence-electron chi connectivity index (χ0n) is 14.1. The molecule has 2 aromatic rings. The Labute approximate surface area is 149 Å². The largest absolute Gasteiger partial charge is 0.399 e. The fraction of sp³-hybridized carbons (Fsp3) is 0.294. The molecule has 128 valence electrons. The summed E-state index contributed by atoms with van der Waals surface area (Å²) in [6.45, 7) is 4.03. The second kappa shape index (κ2) is 5.42. The number of urea groups is 1. The molecule has 0 saturated carbocycles. The van der Waals surface area contributed by atoms with Gasteiger partial charge in [-0.25, -0.2) is 14.3 Å². The molecule has 1 N–H and O–H groups in total. The number of aliphatic imine (C=N–C) groups is 1. The van der Waals surface area contributed by atoms with Crippen molar-refractivity contribution in [2.45, 2.75) is 26.4 Å². The van der Waals surface area contributed by atoms with Gasteiger partial charge in [0, 0.05) is 12.1 Å². The minimum Gasteiger partial charge on any atom is -0.270 e. The molecule has 0 radical (unpaired) electrons. The number of fused-ring (bicyclic) bond motifs is 3. The van der Waals surface area contributed by atoms with Crippen LogP contribution < -0.4 is 4.57 Å². The van der Waals surface area contributed by atoms with Gasteiger partial charge in [-0.2, -0.15) is 0 Å². The van der Waals surface area contributed by atoms with Crippen LogP contribution in [0.3, 0.4) is 0 Å². The van der Waals surface area contributed by atoms with Gasteiger partial charge in [-0.05, 0) is 31.5 Å². The molecule has 4 rings (SSSR count). The zero-order valence-corrected chi connectivity index (χ0v) is 14.8. The number of nitrogens with one attached hydrogen (secondary N) is 1. The molecule has 0 aliphatic carbocycles. The Hall–Kier alpha value is -2.67. The van der Waals surface area contributed by atoms with Gasteiger partial charge in [0.25, 0.3) is 5.91 Å². The molecule has 1 saturated heterocycles. The summed E-state index contributed by atoms with van der Waals surface area (Å²) < 4.78 is 1.85. The van der Waals surface area contributed by atoms with E-state index in [2.05, 4.69) is 9.98 Å². The Morgan fingerprint density at radius 2 is 2.08 bits per heavy atom. The molecule has 3 heterocycles. The quantitative estimate of drug-likeness (QED) is 0.836. The number of halogens is 1. The highest BCUT2D eigenvalue weighted by molar-refractivity contribution is 6.30. The van der Waals surface area contributed by atoms with Crippen LogP contribution in [0.15, 0.2) is 29.3 Å². The number of carbonyl (C=O) groups is 2. The number of likely N-dealkylation sites (N-methyl/N-ethyl adjacent to an activating group) is 1. The predicted octanol–water partition coefficient (Wildman–Crippen LogP) is 2.25. The van der Waals surface area contributed by atoms with E-state index < -0.39 is 6.04 Å². The molecule has 1 aromatic heterocycles. The molecule has 0 bridgehead atoms. The van der Waals surface area contributed by atoms with Crippen LogP contribution in [0, 0.1) is 13.8 Å². The fourth-order valence-corrected chi connectivity index (χ4v) is 3.52. The van der Waals surface area contributed by atoms with Crippen LogP contribution in [-0.4, -0.2) is 39.6 Å². The lowest BCUT2D eigenvalue weighted by atomic mass is 10.1. The Morgan fingerprint density at radius 1 is 1.32 bits per heavy atom. The molecule has 0 spiro atoms. The predicted molar refractivity (Wildman–Crippen MR) is 91.8 cm³/mol. The number of hydrogen-bond donors (Lipinski definition) is 1. The third kappa shape index (κ3) is 2.26. The summed E-state index contributed by atoms with van der Waals surface area (Å²) in [5, 5.41) is 0.569. The van der Waals surface area contributed by atoms with Crippen LogP contribution in [-0.2, 0) is 11.3 Å². The summed E-state index contributed by atoms with van der Waals surface area (Å²) >= 11 is 6.02. The molecule has 25 heavy (non-hydrogen) atoms.